The third-order valence-corrected chi connectivity index (χ3v) is 4.16. The lowest BCUT2D eigenvalue weighted by atomic mass is 9.74. The monoisotopic (exact) mass is 237 g/mol. The molecule has 1 N–H and O–H groups in total. The summed E-state index contributed by atoms with van der Waals surface area (Å²) >= 11 is 0. The van der Waals surface area contributed by atoms with Gasteiger partial charge in [0.05, 0.1) is 0 Å². The van der Waals surface area contributed by atoms with Gasteiger partial charge in [0.2, 0.25) is 5.91 Å². The smallest absolute Gasteiger partial charge is 0.234 e. The van der Waals surface area contributed by atoms with Gasteiger partial charge in [-0.1, -0.05) is 13.8 Å². The molecule has 2 bridgehead atoms. The van der Waals surface area contributed by atoms with Crippen LogP contribution in [0.3, 0.4) is 0 Å². The van der Waals surface area contributed by atoms with Crippen LogP contribution in [-0.4, -0.2) is 24.0 Å². The van der Waals surface area contributed by atoms with Gasteiger partial charge >= 0.3 is 0 Å². The maximum atomic E-state index is 12.2. The SMILES string of the molecule is CCCNC(=O)C12CC(=O)CC(C1)C(C)C2=O. The average Bonchev–Trinajstić information content (AvgIpc) is 2.48. The number of nitrogens with one attached hydrogen (secondary N) is 1. The van der Waals surface area contributed by atoms with Crippen LogP contribution in [0.5, 0.6) is 0 Å². The summed E-state index contributed by atoms with van der Waals surface area (Å²) in [7, 11) is 0. The lowest BCUT2D eigenvalue weighted by Crippen LogP contribution is -2.47. The molecule has 0 aromatic rings. The van der Waals surface area contributed by atoms with Crippen LogP contribution in [0, 0.1) is 17.3 Å². The second-order valence-corrected chi connectivity index (χ2v) is 5.37. The third kappa shape index (κ3) is 1.79. The van der Waals surface area contributed by atoms with E-state index in [2.05, 4.69) is 5.32 Å². The van der Waals surface area contributed by atoms with E-state index < -0.39 is 5.41 Å². The van der Waals surface area contributed by atoms with Crippen LogP contribution in [0.2, 0.25) is 0 Å². The number of carbonyl (C=O) groups is 3. The first-order valence-electron chi connectivity index (χ1n) is 6.35. The number of rotatable bonds is 3. The van der Waals surface area contributed by atoms with Gasteiger partial charge in [-0.15, -0.1) is 0 Å². The van der Waals surface area contributed by atoms with Gasteiger partial charge in [-0.25, -0.2) is 0 Å². The molecule has 0 heterocycles. The molecule has 4 nitrogen and oxygen atoms in total. The summed E-state index contributed by atoms with van der Waals surface area (Å²) in [4.78, 5) is 36.1. The van der Waals surface area contributed by atoms with Crippen LogP contribution >= 0.6 is 0 Å². The Morgan fingerprint density at radius 3 is 2.82 bits per heavy atom. The molecule has 0 saturated heterocycles. The highest BCUT2D eigenvalue weighted by molar-refractivity contribution is 6.12. The van der Waals surface area contributed by atoms with E-state index in [1.165, 1.54) is 0 Å². The number of amides is 1. The largest absolute Gasteiger partial charge is 0.355 e. The van der Waals surface area contributed by atoms with E-state index in [-0.39, 0.29) is 35.7 Å². The Bertz CT molecular complexity index is 377. The zero-order chi connectivity index (χ0) is 12.6. The summed E-state index contributed by atoms with van der Waals surface area (Å²) in [6.07, 6.45) is 1.98. The van der Waals surface area contributed by atoms with Crippen molar-refractivity contribution in [3.05, 3.63) is 0 Å². The van der Waals surface area contributed by atoms with Gasteiger partial charge in [0, 0.05) is 25.3 Å². The lowest BCUT2D eigenvalue weighted by Gasteiger charge is -2.29. The summed E-state index contributed by atoms with van der Waals surface area (Å²) < 4.78 is 0. The van der Waals surface area contributed by atoms with E-state index in [9.17, 15) is 14.4 Å². The predicted molar refractivity (Wildman–Crippen MR) is 62.3 cm³/mol. The first-order valence-corrected chi connectivity index (χ1v) is 6.35. The van der Waals surface area contributed by atoms with Gasteiger partial charge in [-0.05, 0) is 18.8 Å². The van der Waals surface area contributed by atoms with Gasteiger partial charge < -0.3 is 5.32 Å². The summed E-state index contributed by atoms with van der Waals surface area (Å²) in [5.41, 5.74) is -1.03. The Morgan fingerprint density at radius 2 is 2.18 bits per heavy atom. The van der Waals surface area contributed by atoms with Crippen LogP contribution < -0.4 is 5.32 Å². The second kappa shape index (κ2) is 4.24. The Labute approximate surface area is 101 Å². The molecule has 0 spiro atoms. The van der Waals surface area contributed by atoms with Gasteiger partial charge in [0.1, 0.15) is 11.2 Å². The zero-order valence-electron chi connectivity index (χ0n) is 10.4. The maximum Gasteiger partial charge on any atom is 0.234 e. The van der Waals surface area contributed by atoms with E-state index in [1.807, 2.05) is 13.8 Å². The molecule has 2 fully saturated rings. The van der Waals surface area contributed by atoms with Crippen molar-refractivity contribution >= 4 is 17.5 Å². The molecule has 2 saturated carbocycles. The van der Waals surface area contributed by atoms with Crippen LogP contribution in [-0.2, 0) is 14.4 Å². The van der Waals surface area contributed by atoms with E-state index in [0.717, 1.165) is 6.42 Å². The summed E-state index contributed by atoms with van der Waals surface area (Å²) in [5.74, 6) is -0.260. The van der Waals surface area contributed by atoms with Crippen molar-refractivity contribution in [3.8, 4) is 0 Å². The summed E-state index contributed by atoms with van der Waals surface area (Å²) in [6, 6.07) is 0. The number of Topliss-reactive ketones (excluding diaryl/α,β-unsaturated/α-hetero) is 2. The molecule has 0 aliphatic heterocycles. The number of fused-ring (bicyclic) bond motifs is 2. The first kappa shape index (κ1) is 12.3. The first-order chi connectivity index (χ1) is 8.01. The van der Waals surface area contributed by atoms with Crippen molar-refractivity contribution in [1.82, 2.24) is 5.32 Å². The Kier molecular flexibility index (Phi) is 3.06. The van der Waals surface area contributed by atoms with Crippen molar-refractivity contribution < 1.29 is 14.4 Å². The van der Waals surface area contributed by atoms with Gasteiger partial charge in [-0.2, -0.15) is 0 Å². The average molecular weight is 237 g/mol. The van der Waals surface area contributed by atoms with Gasteiger partial charge in [0.15, 0.2) is 5.78 Å². The van der Waals surface area contributed by atoms with Crippen molar-refractivity contribution in [2.45, 2.75) is 39.5 Å². The number of hydrogen-bond donors (Lipinski definition) is 1. The van der Waals surface area contributed by atoms with Crippen molar-refractivity contribution in [3.63, 3.8) is 0 Å². The quantitative estimate of drug-likeness (QED) is 0.747. The fourth-order valence-corrected chi connectivity index (χ4v) is 3.18. The molecule has 0 aromatic carbocycles. The molecule has 3 unspecified atom stereocenters. The van der Waals surface area contributed by atoms with Gasteiger partial charge in [0.25, 0.3) is 0 Å². The molecule has 17 heavy (non-hydrogen) atoms. The van der Waals surface area contributed by atoms with Crippen LogP contribution in [0.4, 0.5) is 0 Å². The third-order valence-electron chi connectivity index (χ3n) is 4.16. The minimum Gasteiger partial charge on any atom is -0.355 e. The standard InChI is InChI=1S/C13H19NO3/c1-3-4-14-12(17)13-6-9(5-10(15)7-13)8(2)11(13)16/h8-9H,3-7H2,1-2H3,(H,14,17). The van der Waals surface area contributed by atoms with E-state index in [4.69, 9.17) is 0 Å². The molecular weight excluding hydrogens is 218 g/mol. The van der Waals surface area contributed by atoms with Crippen LogP contribution in [0.1, 0.15) is 39.5 Å². The molecule has 2 aliphatic carbocycles. The zero-order valence-corrected chi connectivity index (χ0v) is 10.4. The van der Waals surface area contributed by atoms with E-state index in [1.54, 1.807) is 0 Å². The molecule has 2 aliphatic rings. The van der Waals surface area contributed by atoms with Crippen LogP contribution in [0.25, 0.3) is 0 Å². The fourth-order valence-electron chi connectivity index (χ4n) is 3.18. The normalized spacial score (nSPS) is 36.1. The van der Waals surface area contributed by atoms with Crippen LogP contribution in [0.15, 0.2) is 0 Å². The summed E-state index contributed by atoms with van der Waals surface area (Å²) in [5, 5.41) is 2.78. The number of hydrogen-bond acceptors (Lipinski definition) is 3. The molecule has 4 heteroatoms. The minimum absolute atomic E-state index is 0.0260. The van der Waals surface area contributed by atoms with Crippen molar-refractivity contribution in [2.24, 2.45) is 17.3 Å². The van der Waals surface area contributed by atoms with E-state index in [0.29, 0.717) is 19.4 Å². The maximum absolute atomic E-state index is 12.2. The summed E-state index contributed by atoms with van der Waals surface area (Å²) in [6.45, 7) is 4.38. The molecular formula is C13H19NO3. The Morgan fingerprint density at radius 1 is 1.47 bits per heavy atom. The van der Waals surface area contributed by atoms with Crippen molar-refractivity contribution in [1.29, 1.82) is 0 Å². The molecule has 0 aromatic heterocycles. The Balaban J connectivity index is 2.25. The topological polar surface area (TPSA) is 63.2 Å². The number of ketones is 2. The molecule has 0 radical (unpaired) electrons. The highest BCUT2D eigenvalue weighted by Crippen LogP contribution is 2.50. The molecule has 94 valence electrons. The van der Waals surface area contributed by atoms with E-state index >= 15 is 0 Å². The highest BCUT2D eigenvalue weighted by atomic mass is 16.2. The molecule has 3 atom stereocenters. The minimum atomic E-state index is -1.03. The second-order valence-electron chi connectivity index (χ2n) is 5.37. The molecule has 2 rings (SSSR count). The highest BCUT2D eigenvalue weighted by Gasteiger charge is 2.59. The van der Waals surface area contributed by atoms with Gasteiger partial charge in [-0.3, -0.25) is 14.4 Å². The molecule has 1 amide bonds. The van der Waals surface area contributed by atoms with Crippen molar-refractivity contribution in [2.75, 3.05) is 6.54 Å². The lowest BCUT2D eigenvalue weighted by molar-refractivity contribution is -0.145. The fraction of sp³-hybridized carbons (Fsp3) is 0.769. The number of carbonyl (C=O) groups excluding carboxylic acids is 3. The predicted octanol–water partition coefficient (Wildman–Crippen LogP) is 1.09. The Hall–Kier alpha value is -1.19.